The van der Waals surface area contributed by atoms with E-state index in [9.17, 15) is 14.4 Å². The Labute approximate surface area is 188 Å². The summed E-state index contributed by atoms with van der Waals surface area (Å²) in [6, 6.07) is 13.9. The predicted octanol–water partition coefficient (Wildman–Crippen LogP) is 2.20. The minimum Gasteiger partial charge on any atom is -0.493 e. The second-order valence-corrected chi connectivity index (χ2v) is 7.67. The van der Waals surface area contributed by atoms with E-state index in [-0.39, 0.29) is 35.1 Å². The first-order chi connectivity index (χ1) is 15.4. The highest BCUT2D eigenvalue weighted by molar-refractivity contribution is 5.98. The van der Waals surface area contributed by atoms with Gasteiger partial charge in [0.2, 0.25) is 0 Å². The van der Waals surface area contributed by atoms with Crippen molar-refractivity contribution in [1.29, 1.82) is 0 Å². The molecule has 3 rings (SSSR count). The number of hydrogen-bond donors (Lipinski definition) is 1. The minimum atomic E-state index is -0.839. The summed E-state index contributed by atoms with van der Waals surface area (Å²) in [6.07, 6.45) is -0.839. The number of carbonyl (C=O) groups excluding carboxylic acids is 3. The van der Waals surface area contributed by atoms with Crippen LogP contribution >= 0.6 is 0 Å². The quantitative estimate of drug-likeness (QED) is 0.746. The number of benzene rings is 2. The second kappa shape index (κ2) is 10.2. The Morgan fingerprint density at radius 3 is 2.41 bits per heavy atom. The van der Waals surface area contributed by atoms with Crippen molar-refractivity contribution in [3.8, 4) is 11.5 Å². The predicted molar refractivity (Wildman–Crippen MR) is 120 cm³/mol. The molecule has 1 heterocycles. The molecule has 1 aliphatic heterocycles. The van der Waals surface area contributed by atoms with E-state index in [0.29, 0.717) is 30.9 Å². The summed E-state index contributed by atoms with van der Waals surface area (Å²) >= 11 is 0. The maximum absolute atomic E-state index is 13.2. The highest BCUT2D eigenvalue weighted by Crippen LogP contribution is 2.32. The Morgan fingerprint density at radius 2 is 1.78 bits per heavy atom. The summed E-state index contributed by atoms with van der Waals surface area (Å²) < 4.78 is 11.3. The molecule has 2 aromatic rings. The van der Waals surface area contributed by atoms with E-state index >= 15 is 0 Å². The topological polar surface area (TPSA) is 88.2 Å². The zero-order valence-corrected chi connectivity index (χ0v) is 18.8. The maximum Gasteiger partial charge on any atom is 0.263 e. The molecule has 32 heavy (non-hydrogen) atoms. The largest absolute Gasteiger partial charge is 0.493 e. The lowest BCUT2D eigenvalue weighted by Gasteiger charge is -2.40. The fraction of sp³-hybridized carbons (Fsp3) is 0.375. The number of methoxy groups -OCH3 is 1. The summed E-state index contributed by atoms with van der Waals surface area (Å²) in [4.78, 5) is 41.6. The molecule has 3 amide bonds. The summed E-state index contributed by atoms with van der Waals surface area (Å²) in [5, 5.41) is 2.57. The summed E-state index contributed by atoms with van der Waals surface area (Å²) in [6.45, 7) is 4.84. The summed E-state index contributed by atoms with van der Waals surface area (Å²) in [7, 11) is 3.01. The van der Waals surface area contributed by atoms with Crippen molar-refractivity contribution in [1.82, 2.24) is 15.1 Å². The molecule has 0 bridgehead atoms. The van der Waals surface area contributed by atoms with Crippen LogP contribution in [0.1, 0.15) is 34.6 Å². The molecule has 1 saturated heterocycles. The Balaban J connectivity index is 1.70. The second-order valence-electron chi connectivity index (χ2n) is 7.67. The highest BCUT2D eigenvalue weighted by atomic mass is 16.5. The van der Waals surface area contributed by atoms with Gasteiger partial charge >= 0.3 is 0 Å². The smallest absolute Gasteiger partial charge is 0.263 e. The Kier molecular flexibility index (Phi) is 7.35. The van der Waals surface area contributed by atoms with Crippen molar-refractivity contribution in [3.05, 3.63) is 59.7 Å². The van der Waals surface area contributed by atoms with Gasteiger partial charge in [-0.3, -0.25) is 14.4 Å². The zero-order chi connectivity index (χ0) is 23.3. The van der Waals surface area contributed by atoms with Gasteiger partial charge in [-0.15, -0.1) is 0 Å². The highest BCUT2D eigenvalue weighted by Gasteiger charge is 2.33. The number of rotatable bonds is 6. The Bertz CT molecular complexity index is 979. The van der Waals surface area contributed by atoms with Crippen LogP contribution in [-0.4, -0.2) is 73.5 Å². The van der Waals surface area contributed by atoms with Gasteiger partial charge in [0.15, 0.2) is 17.6 Å². The van der Waals surface area contributed by atoms with Gasteiger partial charge in [0.05, 0.1) is 12.7 Å². The van der Waals surface area contributed by atoms with Gasteiger partial charge in [-0.1, -0.05) is 24.3 Å². The van der Waals surface area contributed by atoms with Crippen molar-refractivity contribution in [2.75, 3.05) is 33.8 Å². The molecule has 1 fully saturated rings. The van der Waals surface area contributed by atoms with Crippen LogP contribution < -0.4 is 14.8 Å². The third kappa shape index (κ3) is 4.85. The van der Waals surface area contributed by atoms with Crippen molar-refractivity contribution in [2.45, 2.75) is 26.0 Å². The first-order valence-corrected chi connectivity index (χ1v) is 10.6. The van der Waals surface area contributed by atoms with Gasteiger partial charge in [-0.25, -0.2) is 0 Å². The van der Waals surface area contributed by atoms with E-state index in [4.69, 9.17) is 9.47 Å². The average Bonchev–Trinajstić information content (AvgIpc) is 2.83. The molecule has 0 unspecified atom stereocenters. The summed E-state index contributed by atoms with van der Waals surface area (Å²) in [5.41, 5.74) is 0.923. The molecule has 2 atom stereocenters. The summed E-state index contributed by atoms with van der Waals surface area (Å²) in [5.74, 6) is 0.00828. The number of amides is 3. The van der Waals surface area contributed by atoms with Gasteiger partial charge < -0.3 is 24.6 Å². The van der Waals surface area contributed by atoms with Crippen LogP contribution in [0.2, 0.25) is 0 Å². The van der Waals surface area contributed by atoms with Crippen LogP contribution in [0.25, 0.3) is 0 Å². The average molecular weight is 440 g/mol. The molecule has 0 aromatic heterocycles. The maximum atomic E-state index is 13.2. The standard InChI is InChI=1S/C24H29N3O5/c1-16-15-26(24(30)18-9-6-5-7-10-18)13-14-27(16)23(29)17(2)32-21-19(22(28)25-3)11-8-12-20(21)31-4/h5-12,16-17H,13-15H2,1-4H3,(H,25,28)/t16-,17+/m1/s1. The molecular weight excluding hydrogens is 410 g/mol. The van der Waals surface area contributed by atoms with Crippen LogP contribution in [0.15, 0.2) is 48.5 Å². The lowest BCUT2D eigenvalue weighted by Crippen LogP contribution is -2.57. The molecule has 0 aliphatic carbocycles. The zero-order valence-electron chi connectivity index (χ0n) is 18.8. The van der Waals surface area contributed by atoms with Crippen LogP contribution in [0.4, 0.5) is 0 Å². The van der Waals surface area contributed by atoms with E-state index in [0.717, 1.165) is 0 Å². The molecule has 170 valence electrons. The van der Waals surface area contributed by atoms with Gasteiger partial charge in [0.1, 0.15) is 0 Å². The number of nitrogens with one attached hydrogen (secondary N) is 1. The fourth-order valence-corrected chi connectivity index (χ4v) is 3.81. The van der Waals surface area contributed by atoms with Gasteiger partial charge in [0.25, 0.3) is 17.7 Å². The van der Waals surface area contributed by atoms with Crippen molar-refractivity contribution in [3.63, 3.8) is 0 Å². The number of carbonyl (C=O) groups is 3. The van der Waals surface area contributed by atoms with Crippen molar-refractivity contribution < 1.29 is 23.9 Å². The minimum absolute atomic E-state index is 0.0434. The Hall–Kier alpha value is -3.55. The fourth-order valence-electron chi connectivity index (χ4n) is 3.81. The SMILES string of the molecule is CNC(=O)c1cccc(OC)c1O[C@@H](C)C(=O)N1CCN(C(=O)c2ccccc2)C[C@H]1C. The van der Waals surface area contributed by atoms with E-state index in [2.05, 4.69) is 5.32 Å². The molecule has 0 radical (unpaired) electrons. The molecular formula is C24H29N3O5. The van der Waals surface area contributed by atoms with Gasteiger partial charge in [-0.2, -0.15) is 0 Å². The molecule has 1 aliphatic rings. The van der Waals surface area contributed by atoms with E-state index < -0.39 is 6.10 Å². The molecule has 0 saturated carbocycles. The number of hydrogen-bond acceptors (Lipinski definition) is 5. The number of piperazine rings is 1. The third-order valence-corrected chi connectivity index (χ3v) is 5.53. The van der Waals surface area contributed by atoms with Crippen LogP contribution in [0, 0.1) is 0 Å². The number of nitrogens with zero attached hydrogens (tertiary/aromatic N) is 2. The molecule has 2 aromatic carbocycles. The molecule has 8 nitrogen and oxygen atoms in total. The van der Waals surface area contributed by atoms with Crippen molar-refractivity contribution in [2.24, 2.45) is 0 Å². The number of ether oxygens (including phenoxy) is 2. The van der Waals surface area contributed by atoms with Crippen LogP contribution in [0.3, 0.4) is 0 Å². The third-order valence-electron chi connectivity index (χ3n) is 5.53. The first-order valence-electron chi connectivity index (χ1n) is 10.6. The van der Waals surface area contributed by atoms with Gasteiger partial charge in [0, 0.05) is 38.3 Å². The monoisotopic (exact) mass is 439 g/mol. The van der Waals surface area contributed by atoms with Crippen LogP contribution in [0.5, 0.6) is 11.5 Å². The Morgan fingerprint density at radius 1 is 1.06 bits per heavy atom. The van der Waals surface area contributed by atoms with E-state index in [1.165, 1.54) is 14.2 Å². The van der Waals surface area contributed by atoms with E-state index in [1.807, 2.05) is 25.1 Å². The van der Waals surface area contributed by atoms with Gasteiger partial charge in [-0.05, 0) is 38.1 Å². The molecule has 0 spiro atoms. The number of para-hydroxylation sites is 1. The lowest BCUT2D eigenvalue weighted by atomic mass is 10.1. The van der Waals surface area contributed by atoms with Crippen molar-refractivity contribution >= 4 is 17.7 Å². The molecule has 1 N–H and O–H groups in total. The first kappa shape index (κ1) is 23.1. The van der Waals surface area contributed by atoms with E-state index in [1.54, 1.807) is 47.1 Å². The normalized spacial score (nSPS) is 16.8. The lowest BCUT2D eigenvalue weighted by molar-refractivity contribution is -0.142. The molecule has 8 heteroatoms. The van der Waals surface area contributed by atoms with Crippen LogP contribution in [-0.2, 0) is 4.79 Å².